The zero-order valence-electron chi connectivity index (χ0n) is 8.97. The lowest BCUT2D eigenvalue weighted by Gasteiger charge is -2.16. The van der Waals surface area contributed by atoms with E-state index in [1.165, 1.54) is 5.56 Å². The van der Waals surface area contributed by atoms with Crippen molar-refractivity contribution in [3.63, 3.8) is 0 Å². The highest BCUT2D eigenvalue weighted by molar-refractivity contribution is 7.07. The fraction of sp³-hybridized carbons (Fsp3) is 0.500. The van der Waals surface area contributed by atoms with Crippen molar-refractivity contribution in [1.82, 2.24) is 5.32 Å². The molecule has 0 radical (unpaired) electrons. The Bertz CT molecular complexity index is 310. The number of rotatable bonds is 5. The van der Waals surface area contributed by atoms with Crippen LogP contribution in [0.25, 0.3) is 0 Å². The Morgan fingerprint density at radius 2 is 2.40 bits per heavy atom. The Labute approximate surface area is 93.8 Å². The topological polar surface area (TPSA) is 70.6 Å². The maximum atomic E-state index is 8.49. The molecule has 2 atom stereocenters. The van der Waals surface area contributed by atoms with Gasteiger partial charge in [0.1, 0.15) is 5.84 Å². The van der Waals surface area contributed by atoms with Crippen molar-refractivity contribution < 1.29 is 5.21 Å². The van der Waals surface area contributed by atoms with Gasteiger partial charge in [0.2, 0.25) is 0 Å². The van der Waals surface area contributed by atoms with E-state index in [4.69, 9.17) is 10.9 Å². The molecule has 1 aromatic rings. The summed E-state index contributed by atoms with van der Waals surface area (Å²) >= 11 is 1.68. The molecule has 0 bridgehead atoms. The minimum atomic E-state index is 0.0380. The predicted molar refractivity (Wildman–Crippen MR) is 63.3 cm³/mol. The average Bonchev–Trinajstić information content (AvgIpc) is 2.77. The zero-order chi connectivity index (χ0) is 11.3. The predicted octanol–water partition coefficient (Wildman–Crippen LogP) is 1.78. The van der Waals surface area contributed by atoms with Gasteiger partial charge in [0.15, 0.2) is 0 Å². The summed E-state index contributed by atoms with van der Waals surface area (Å²) in [7, 11) is 0. The van der Waals surface area contributed by atoms with Gasteiger partial charge in [0.25, 0.3) is 0 Å². The van der Waals surface area contributed by atoms with E-state index in [1.807, 2.05) is 6.92 Å². The van der Waals surface area contributed by atoms with Gasteiger partial charge in [-0.15, -0.1) is 0 Å². The first-order chi connectivity index (χ1) is 7.15. The smallest absolute Gasteiger partial charge is 0.143 e. The summed E-state index contributed by atoms with van der Waals surface area (Å²) < 4.78 is 0. The summed E-state index contributed by atoms with van der Waals surface area (Å²) in [6, 6.07) is 2.39. The van der Waals surface area contributed by atoms with Crippen molar-refractivity contribution in [3.05, 3.63) is 22.4 Å². The lowest BCUT2D eigenvalue weighted by molar-refractivity contribution is 0.313. The number of hydrogen-bond acceptors (Lipinski definition) is 4. The third-order valence-electron chi connectivity index (χ3n) is 2.39. The van der Waals surface area contributed by atoms with E-state index in [0.717, 1.165) is 0 Å². The Kier molecular flexibility index (Phi) is 4.58. The zero-order valence-corrected chi connectivity index (χ0v) is 9.79. The summed E-state index contributed by atoms with van der Waals surface area (Å²) in [5.74, 6) is 0.302. The van der Waals surface area contributed by atoms with Gasteiger partial charge < -0.3 is 16.3 Å². The van der Waals surface area contributed by atoms with E-state index >= 15 is 0 Å². The van der Waals surface area contributed by atoms with Gasteiger partial charge in [-0.1, -0.05) is 12.1 Å². The van der Waals surface area contributed by atoms with Crippen molar-refractivity contribution in [3.8, 4) is 0 Å². The second kappa shape index (κ2) is 5.72. The molecule has 0 saturated heterocycles. The molecular formula is C10H17N3OS. The number of nitrogens with zero attached hydrogens (tertiary/aromatic N) is 1. The van der Waals surface area contributed by atoms with Crippen LogP contribution in [0.2, 0.25) is 0 Å². The Morgan fingerprint density at radius 3 is 2.93 bits per heavy atom. The molecule has 0 spiro atoms. The molecule has 0 aliphatic heterocycles. The number of nitrogens with two attached hydrogens (primary N) is 1. The van der Waals surface area contributed by atoms with Crippen LogP contribution in [0.1, 0.15) is 25.5 Å². The van der Waals surface area contributed by atoms with E-state index in [1.54, 1.807) is 11.3 Å². The highest BCUT2D eigenvalue weighted by Crippen LogP contribution is 2.15. The van der Waals surface area contributed by atoms with Crippen LogP contribution in [0, 0.1) is 5.92 Å². The molecule has 0 aromatic carbocycles. The third-order valence-corrected chi connectivity index (χ3v) is 3.10. The van der Waals surface area contributed by atoms with Crippen LogP contribution >= 0.6 is 11.3 Å². The van der Waals surface area contributed by atoms with E-state index in [2.05, 4.69) is 34.2 Å². The third kappa shape index (κ3) is 3.53. The average molecular weight is 227 g/mol. The highest BCUT2D eigenvalue weighted by Gasteiger charge is 2.10. The Morgan fingerprint density at radius 1 is 1.67 bits per heavy atom. The van der Waals surface area contributed by atoms with Gasteiger partial charge in [-0.25, -0.2) is 0 Å². The van der Waals surface area contributed by atoms with Crippen LogP contribution in [0.3, 0.4) is 0 Å². The summed E-state index contributed by atoms with van der Waals surface area (Å²) in [5.41, 5.74) is 6.75. The first-order valence-electron chi connectivity index (χ1n) is 4.88. The lowest BCUT2D eigenvalue weighted by Crippen LogP contribution is -2.32. The van der Waals surface area contributed by atoms with E-state index in [0.29, 0.717) is 12.6 Å². The van der Waals surface area contributed by atoms with E-state index < -0.39 is 0 Å². The number of nitrogens with one attached hydrogen (secondary N) is 1. The molecule has 5 heteroatoms. The highest BCUT2D eigenvalue weighted by atomic mass is 32.1. The van der Waals surface area contributed by atoms with Crippen molar-refractivity contribution in [2.75, 3.05) is 6.54 Å². The van der Waals surface area contributed by atoms with Gasteiger partial charge in [0.05, 0.1) is 0 Å². The van der Waals surface area contributed by atoms with E-state index in [9.17, 15) is 0 Å². The molecule has 0 amide bonds. The van der Waals surface area contributed by atoms with Crippen molar-refractivity contribution >= 4 is 17.2 Å². The molecule has 2 unspecified atom stereocenters. The first kappa shape index (κ1) is 12.0. The second-order valence-electron chi connectivity index (χ2n) is 3.61. The Hall–Kier alpha value is -1.07. The maximum absolute atomic E-state index is 8.49. The van der Waals surface area contributed by atoms with Crippen LogP contribution < -0.4 is 11.1 Å². The summed E-state index contributed by atoms with van der Waals surface area (Å²) in [4.78, 5) is 0. The van der Waals surface area contributed by atoms with E-state index in [-0.39, 0.29) is 11.8 Å². The molecular weight excluding hydrogens is 210 g/mol. The van der Waals surface area contributed by atoms with Crippen molar-refractivity contribution in [2.24, 2.45) is 16.8 Å². The van der Waals surface area contributed by atoms with Gasteiger partial charge in [0, 0.05) is 18.5 Å². The van der Waals surface area contributed by atoms with Crippen LogP contribution in [-0.2, 0) is 0 Å². The lowest BCUT2D eigenvalue weighted by atomic mass is 10.1. The normalized spacial score (nSPS) is 16.3. The standard InChI is InChI=1S/C10H17N3OS/c1-7(10(11)13-14)5-12-8(2)9-3-4-15-6-9/h3-4,6-8,12,14H,5H2,1-2H3,(H2,11,13). The summed E-state index contributed by atoms with van der Waals surface area (Å²) in [5, 5.41) is 19.0. The molecule has 0 aliphatic rings. The monoisotopic (exact) mass is 227 g/mol. The molecule has 1 aromatic heterocycles. The molecule has 1 rings (SSSR count). The van der Waals surface area contributed by atoms with Crippen LogP contribution in [0.5, 0.6) is 0 Å². The van der Waals surface area contributed by atoms with Gasteiger partial charge in [-0.2, -0.15) is 11.3 Å². The quantitative estimate of drug-likeness (QED) is 0.311. The minimum Gasteiger partial charge on any atom is -0.409 e. The second-order valence-corrected chi connectivity index (χ2v) is 4.39. The van der Waals surface area contributed by atoms with Crippen molar-refractivity contribution in [1.29, 1.82) is 0 Å². The SMILES string of the molecule is CC(CNC(C)c1ccsc1)C(N)=NO. The fourth-order valence-corrected chi connectivity index (χ4v) is 1.95. The molecule has 0 fully saturated rings. The number of hydrogen-bond donors (Lipinski definition) is 3. The maximum Gasteiger partial charge on any atom is 0.143 e. The Balaban J connectivity index is 2.38. The van der Waals surface area contributed by atoms with Gasteiger partial charge in [-0.05, 0) is 29.3 Å². The molecule has 15 heavy (non-hydrogen) atoms. The van der Waals surface area contributed by atoms with Crippen molar-refractivity contribution in [2.45, 2.75) is 19.9 Å². The van der Waals surface area contributed by atoms with Crippen LogP contribution in [-0.4, -0.2) is 17.6 Å². The largest absolute Gasteiger partial charge is 0.409 e. The van der Waals surface area contributed by atoms with Crippen LogP contribution in [0.4, 0.5) is 0 Å². The minimum absolute atomic E-state index is 0.0380. The number of oxime groups is 1. The molecule has 0 saturated carbocycles. The molecule has 0 aliphatic carbocycles. The van der Waals surface area contributed by atoms with Crippen LogP contribution in [0.15, 0.2) is 22.0 Å². The van der Waals surface area contributed by atoms with Gasteiger partial charge >= 0.3 is 0 Å². The molecule has 84 valence electrons. The summed E-state index contributed by atoms with van der Waals surface area (Å²) in [6.07, 6.45) is 0. The number of amidine groups is 1. The first-order valence-corrected chi connectivity index (χ1v) is 5.82. The fourth-order valence-electron chi connectivity index (χ4n) is 1.20. The molecule has 4 nitrogen and oxygen atoms in total. The molecule has 1 heterocycles. The summed E-state index contributed by atoms with van der Waals surface area (Å²) in [6.45, 7) is 4.72. The molecule has 4 N–H and O–H groups in total. The number of thiophene rings is 1. The van der Waals surface area contributed by atoms with Gasteiger partial charge in [-0.3, -0.25) is 0 Å².